The lowest BCUT2D eigenvalue weighted by Gasteiger charge is -2.14. The minimum absolute atomic E-state index is 0.153. The van der Waals surface area contributed by atoms with Crippen molar-refractivity contribution in [1.29, 1.82) is 0 Å². The highest BCUT2D eigenvalue weighted by atomic mass is 16.3. The average molecular weight is 373 g/mol. The minimum Gasteiger partial charge on any atom is -0.394 e. The number of aromatic nitrogens is 5. The number of aliphatic hydroxyl groups excluding tert-OH is 1. The first-order valence-corrected chi connectivity index (χ1v) is 8.95. The molecule has 4 aromatic heterocycles. The summed E-state index contributed by atoms with van der Waals surface area (Å²) in [4.78, 5) is 31.0. The largest absolute Gasteiger partial charge is 0.394 e. The molecule has 0 aliphatic rings. The van der Waals surface area contributed by atoms with Gasteiger partial charge in [0.1, 0.15) is 11.2 Å². The Morgan fingerprint density at radius 1 is 1.11 bits per heavy atom. The van der Waals surface area contributed by atoms with E-state index >= 15 is 0 Å². The maximum atomic E-state index is 13.1. The van der Waals surface area contributed by atoms with Gasteiger partial charge in [-0.2, -0.15) is 0 Å². The van der Waals surface area contributed by atoms with Gasteiger partial charge in [0.05, 0.1) is 35.8 Å². The predicted molar refractivity (Wildman–Crippen MR) is 107 cm³/mol. The second-order valence-electron chi connectivity index (χ2n) is 6.64. The van der Waals surface area contributed by atoms with E-state index in [1.54, 1.807) is 25.4 Å². The number of aliphatic hydroxyl groups is 1. The van der Waals surface area contributed by atoms with Crippen molar-refractivity contribution < 1.29 is 5.11 Å². The molecule has 140 valence electrons. The van der Waals surface area contributed by atoms with E-state index < -0.39 is 0 Å². The van der Waals surface area contributed by atoms with E-state index in [4.69, 9.17) is 4.98 Å². The predicted octanol–water partition coefficient (Wildman–Crippen LogP) is 2.78. The summed E-state index contributed by atoms with van der Waals surface area (Å²) in [5.41, 5.74) is 3.74. The van der Waals surface area contributed by atoms with Gasteiger partial charge >= 0.3 is 0 Å². The van der Waals surface area contributed by atoms with Crippen LogP contribution in [0.3, 0.4) is 0 Å². The summed E-state index contributed by atoms with van der Waals surface area (Å²) in [5, 5.41) is 9.88. The number of rotatable bonds is 4. The summed E-state index contributed by atoms with van der Waals surface area (Å²) in [6.07, 6.45) is 4.86. The molecule has 7 nitrogen and oxygen atoms in total. The smallest absolute Gasteiger partial charge is 0.261 e. The summed E-state index contributed by atoms with van der Waals surface area (Å²) < 4.78 is 1.43. The number of fused-ring (bicyclic) bond motifs is 1. The summed E-state index contributed by atoms with van der Waals surface area (Å²) >= 11 is 0. The Hall–Kier alpha value is -3.45. The number of aryl methyl sites for hydroxylation is 1. The SMILES string of the molecule is Cc1ccc(-c2cc3c(=O)n([C@@H](C)CO)cnc3c(-c3ccccn3)n2)cn1. The molecule has 0 saturated heterocycles. The van der Waals surface area contributed by atoms with Gasteiger partial charge in [-0.15, -0.1) is 0 Å². The first kappa shape index (κ1) is 17.9. The zero-order chi connectivity index (χ0) is 19.7. The molecular formula is C21H19N5O2. The van der Waals surface area contributed by atoms with Crippen LogP contribution in [0.25, 0.3) is 33.5 Å². The van der Waals surface area contributed by atoms with Crippen LogP contribution in [0.4, 0.5) is 0 Å². The van der Waals surface area contributed by atoms with Gasteiger partial charge in [-0.25, -0.2) is 9.97 Å². The molecule has 0 radical (unpaired) electrons. The zero-order valence-corrected chi connectivity index (χ0v) is 15.6. The number of hydrogen-bond acceptors (Lipinski definition) is 6. The summed E-state index contributed by atoms with van der Waals surface area (Å²) in [6.45, 7) is 3.52. The summed E-state index contributed by atoms with van der Waals surface area (Å²) in [7, 11) is 0. The summed E-state index contributed by atoms with van der Waals surface area (Å²) in [5.74, 6) is 0. The van der Waals surface area contributed by atoms with Crippen molar-refractivity contribution in [3.8, 4) is 22.6 Å². The quantitative estimate of drug-likeness (QED) is 0.591. The molecule has 0 saturated carbocycles. The second-order valence-corrected chi connectivity index (χ2v) is 6.64. The third-order valence-electron chi connectivity index (χ3n) is 4.62. The monoisotopic (exact) mass is 373 g/mol. The van der Waals surface area contributed by atoms with Gasteiger partial charge in [0, 0.05) is 23.7 Å². The molecule has 0 spiro atoms. The summed E-state index contributed by atoms with van der Waals surface area (Å²) in [6, 6.07) is 10.7. The van der Waals surface area contributed by atoms with E-state index in [1.165, 1.54) is 10.9 Å². The van der Waals surface area contributed by atoms with Crippen LogP contribution < -0.4 is 5.56 Å². The van der Waals surface area contributed by atoms with Crippen molar-refractivity contribution >= 4 is 10.9 Å². The van der Waals surface area contributed by atoms with Gasteiger partial charge < -0.3 is 5.11 Å². The Labute approximate surface area is 161 Å². The lowest BCUT2D eigenvalue weighted by Crippen LogP contribution is -2.26. The molecule has 4 aromatic rings. The molecular weight excluding hydrogens is 354 g/mol. The molecule has 28 heavy (non-hydrogen) atoms. The second kappa shape index (κ2) is 7.28. The van der Waals surface area contributed by atoms with E-state index in [0.29, 0.717) is 28.0 Å². The molecule has 0 bridgehead atoms. The highest BCUT2D eigenvalue weighted by molar-refractivity contribution is 5.92. The van der Waals surface area contributed by atoms with Crippen LogP contribution in [0.2, 0.25) is 0 Å². The van der Waals surface area contributed by atoms with Gasteiger partial charge in [0.2, 0.25) is 0 Å². The van der Waals surface area contributed by atoms with Gasteiger partial charge in [-0.05, 0) is 44.2 Å². The molecule has 0 aromatic carbocycles. The third kappa shape index (κ3) is 3.16. The van der Waals surface area contributed by atoms with E-state index in [0.717, 1.165) is 11.3 Å². The van der Waals surface area contributed by atoms with E-state index in [9.17, 15) is 9.90 Å². The molecule has 1 atom stereocenters. The Morgan fingerprint density at radius 3 is 2.64 bits per heavy atom. The Kier molecular flexibility index (Phi) is 4.67. The van der Waals surface area contributed by atoms with Crippen molar-refractivity contribution in [3.05, 3.63) is 71.2 Å². The molecule has 0 aliphatic carbocycles. The number of pyridine rings is 3. The molecule has 0 fully saturated rings. The number of hydrogen-bond donors (Lipinski definition) is 1. The van der Waals surface area contributed by atoms with Crippen molar-refractivity contribution in [2.75, 3.05) is 6.61 Å². The fourth-order valence-electron chi connectivity index (χ4n) is 2.99. The molecule has 0 aliphatic heterocycles. The molecule has 0 unspecified atom stereocenters. The van der Waals surface area contributed by atoms with Crippen molar-refractivity contribution in [3.63, 3.8) is 0 Å². The third-order valence-corrected chi connectivity index (χ3v) is 4.62. The van der Waals surface area contributed by atoms with Gasteiger partial charge in [0.25, 0.3) is 5.56 Å². The van der Waals surface area contributed by atoms with E-state index in [1.807, 2.05) is 37.3 Å². The number of nitrogens with zero attached hydrogens (tertiary/aromatic N) is 5. The van der Waals surface area contributed by atoms with Crippen LogP contribution in [0.5, 0.6) is 0 Å². The Bertz CT molecular complexity index is 1190. The average Bonchev–Trinajstić information content (AvgIpc) is 2.74. The van der Waals surface area contributed by atoms with Crippen LogP contribution in [0.15, 0.2) is 59.9 Å². The first-order valence-electron chi connectivity index (χ1n) is 8.95. The normalized spacial score (nSPS) is 12.2. The minimum atomic E-state index is -0.375. The van der Waals surface area contributed by atoms with Gasteiger partial charge in [-0.1, -0.05) is 6.07 Å². The molecule has 7 heteroatoms. The van der Waals surface area contributed by atoms with Crippen LogP contribution in [0, 0.1) is 6.92 Å². The topological polar surface area (TPSA) is 93.8 Å². The fourth-order valence-corrected chi connectivity index (χ4v) is 2.99. The molecule has 4 heterocycles. The van der Waals surface area contributed by atoms with Crippen molar-refractivity contribution in [1.82, 2.24) is 24.5 Å². The maximum absolute atomic E-state index is 13.1. The molecule has 1 N–H and O–H groups in total. The van der Waals surface area contributed by atoms with Crippen molar-refractivity contribution in [2.24, 2.45) is 0 Å². The van der Waals surface area contributed by atoms with Gasteiger partial charge in [-0.3, -0.25) is 19.3 Å². The zero-order valence-electron chi connectivity index (χ0n) is 15.6. The molecule has 0 amide bonds. The highest BCUT2D eigenvalue weighted by Crippen LogP contribution is 2.27. The van der Waals surface area contributed by atoms with Crippen molar-refractivity contribution in [2.45, 2.75) is 19.9 Å². The van der Waals surface area contributed by atoms with E-state index in [2.05, 4.69) is 15.0 Å². The van der Waals surface area contributed by atoms with E-state index in [-0.39, 0.29) is 18.2 Å². The van der Waals surface area contributed by atoms with Crippen LogP contribution in [-0.4, -0.2) is 36.2 Å². The Balaban J connectivity index is 2.04. The Morgan fingerprint density at radius 2 is 1.96 bits per heavy atom. The highest BCUT2D eigenvalue weighted by Gasteiger charge is 2.17. The maximum Gasteiger partial charge on any atom is 0.261 e. The fraction of sp³-hybridized carbons (Fsp3) is 0.190. The van der Waals surface area contributed by atoms with Gasteiger partial charge in [0.15, 0.2) is 0 Å². The lowest BCUT2D eigenvalue weighted by molar-refractivity contribution is 0.236. The lowest BCUT2D eigenvalue weighted by atomic mass is 10.1. The van der Waals surface area contributed by atoms with Crippen LogP contribution >= 0.6 is 0 Å². The van der Waals surface area contributed by atoms with Crippen LogP contribution in [-0.2, 0) is 0 Å². The van der Waals surface area contributed by atoms with Crippen LogP contribution in [0.1, 0.15) is 18.7 Å². The molecule has 4 rings (SSSR count). The first-order chi connectivity index (χ1) is 13.6. The standard InChI is InChI=1S/C21H19N5O2/c1-13-6-7-15(10-23-13)18-9-16-19(20(25-18)17-5-3-4-8-22-17)24-12-26(21(16)28)14(2)11-27/h3-10,12,14,27H,11H2,1-2H3/t14-/m0/s1.